The summed E-state index contributed by atoms with van der Waals surface area (Å²) in [7, 11) is 0. The van der Waals surface area contributed by atoms with Gasteiger partial charge in [-0.2, -0.15) is 0 Å². The van der Waals surface area contributed by atoms with Gasteiger partial charge in [0.2, 0.25) is 0 Å². The molecule has 3 heteroatoms. The first-order valence-corrected chi connectivity index (χ1v) is 3.21. The molecule has 0 saturated carbocycles. The summed E-state index contributed by atoms with van der Waals surface area (Å²) in [4.78, 5) is 10.5. The fourth-order valence-corrected chi connectivity index (χ4v) is 0.422. The Morgan fingerprint density at radius 1 is 1.70 bits per heavy atom. The highest BCUT2D eigenvalue weighted by Gasteiger charge is 1.92. The highest BCUT2D eigenvalue weighted by Crippen LogP contribution is 1.84. The number of hydrogen-bond acceptors (Lipinski definition) is 3. The van der Waals surface area contributed by atoms with Crippen LogP contribution >= 0.6 is 0 Å². The van der Waals surface area contributed by atoms with Gasteiger partial charge in [-0.15, -0.1) is 0 Å². The van der Waals surface area contributed by atoms with E-state index in [1.807, 2.05) is 0 Å². The summed E-state index contributed by atoms with van der Waals surface area (Å²) in [5, 5.41) is 8.30. The molecule has 0 aliphatic carbocycles. The molecule has 0 aromatic rings. The third kappa shape index (κ3) is 5.31. The highest BCUT2D eigenvalue weighted by atomic mass is 16.5. The summed E-state index contributed by atoms with van der Waals surface area (Å²) in [6.45, 7) is 2.09. The molecule has 58 valence electrons. The summed E-state index contributed by atoms with van der Waals surface area (Å²) in [5.41, 5.74) is 0. The molecular formula is C7H12O3. The number of carbonyl (C=O) groups is 1. The molecule has 0 saturated heterocycles. The number of ether oxygens (including phenoxy) is 1. The van der Waals surface area contributed by atoms with Crippen LogP contribution in [0.4, 0.5) is 0 Å². The first-order chi connectivity index (χ1) is 4.81. The van der Waals surface area contributed by atoms with Crippen molar-refractivity contribution in [2.24, 2.45) is 0 Å². The smallest absolute Gasteiger partial charge is 0.330 e. The topological polar surface area (TPSA) is 46.5 Å². The zero-order chi connectivity index (χ0) is 7.82. The number of hydrogen-bond donors (Lipinski definition) is 1. The normalized spacial score (nSPS) is 10.2. The molecule has 0 atom stereocenters. The number of rotatable bonds is 4. The maximum atomic E-state index is 10.5. The van der Waals surface area contributed by atoms with Crippen LogP contribution in [0.2, 0.25) is 0 Å². The second-order valence-electron chi connectivity index (χ2n) is 1.74. The quantitative estimate of drug-likeness (QED) is 0.355. The van der Waals surface area contributed by atoms with E-state index in [4.69, 9.17) is 5.11 Å². The van der Waals surface area contributed by atoms with Crippen molar-refractivity contribution in [2.75, 3.05) is 13.2 Å². The van der Waals surface area contributed by atoms with Crippen LogP contribution in [0.5, 0.6) is 0 Å². The Balaban J connectivity index is 3.22. The van der Waals surface area contributed by atoms with Gasteiger partial charge in [-0.05, 0) is 6.92 Å². The van der Waals surface area contributed by atoms with Crippen molar-refractivity contribution in [1.29, 1.82) is 0 Å². The van der Waals surface area contributed by atoms with Gasteiger partial charge in [0.25, 0.3) is 0 Å². The van der Waals surface area contributed by atoms with Crippen molar-refractivity contribution in [1.82, 2.24) is 0 Å². The summed E-state index contributed by atoms with van der Waals surface area (Å²) in [6, 6.07) is 0. The van der Waals surface area contributed by atoms with Crippen LogP contribution in [0.3, 0.4) is 0 Å². The Bertz CT molecular complexity index is 118. The zero-order valence-corrected chi connectivity index (χ0v) is 6.04. The average Bonchev–Trinajstić information content (AvgIpc) is 1.89. The molecule has 0 unspecified atom stereocenters. The Morgan fingerprint density at radius 2 is 2.40 bits per heavy atom. The number of aliphatic hydroxyl groups is 1. The molecule has 0 heterocycles. The van der Waals surface area contributed by atoms with Crippen LogP contribution in [-0.2, 0) is 9.53 Å². The minimum Gasteiger partial charge on any atom is -0.462 e. The highest BCUT2D eigenvalue weighted by molar-refractivity contribution is 5.81. The molecule has 0 aromatic heterocycles. The van der Waals surface area contributed by atoms with Gasteiger partial charge in [0, 0.05) is 19.1 Å². The van der Waals surface area contributed by atoms with Crippen LogP contribution in [-0.4, -0.2) is 24.3 Å². The third-order valence-corrected chi connectivity index (χ3v) is 0.850. The molecule has 0 aliphatic rings. The van der Waals surface area contributed by atoms with Crippen LogP contribution in [0, 0.1) is 0 Å². The van der Waals surface area contributed by atoms with Gasteiger partial charge in [0.1, 0.15) is 0 Å². The lowest BCUT2D eigenvalue weighted by molar-refractivity contribution is -0.138. The molecular weight excluding hydrogens is 132 g/mol. The monoisotopic (exact) mass is 144 g/mol. The Hall–Kier alpha value is -0.830. The maximum absolute atomic E-state index is 10.5. The van der Waals surface area contributed by atoms with Crippen LogP contribution in [0.25, 0.3) is 0 Å². The van der Waals surface area contributed by atoms with Crippen molar-refractivity contribution in [3.05, 3.63) is 12.2 Å². The minimum atomic E-state index is -0.351. The summed E-state index contributed by atoms with van der Waals surface area (Å²) in [6.07, 6.45) is 3.46. The molecule has 0 spiro atoms. The lowest BCUT2D eigenvalue weighted by atomic mass is 10.5. The Labute approximate surface area is 60.3 Å². The van der Waals surface area contributed by atoms with Crippen LogP contribution in [0.1, 0.15) is 13.3 Å². The van der Waals surface area contributed by atoms with E-state index in [-0.39, 0.29) is 12.6 Å². The van der Waals surface area contributed by atoms with E-state index in [1.54, 1.807) is 13.0 Å². The summed E-state index contributed by atoms with van der Waals surface area (Å²) >= 11 is 0. The number of carbonyl (C=O) groups excluding carboxylic acids is 1. The van der Waals surface area contributed by atoms with Crippen molar-refractivity contribution in [3.8, 4) is 0 Å². The van der Waals surface area contributed by atoms with Gasteiger partial charge in [-0.3, -0.25) is 0 Å². The fourth-order valence-electron chi connectivity index (χ4n) is 0.422. The molecule has 1 N–H and O–H groups in total. The third-order valence-electron chi connectivity index (χ3n) is 0.850. The number of esters is 1. The van der Waals surface area contributed by atoms with E-state index in [1.165, 1.54) is 6.08 Å². The molecule has 0 amide bonds. The van der Waals surface area contributed by atoms with Crippen LogP contribution < -0.4 is 0 Å². The second kappa shape index (κ2) is 6.29. The molecule has 10 heavy (non-hydrogen) atoms. The van der Waals surface area contributed by atoms with Crippen LogP contribution in [0.15, 0.2) is 12.2 Å². The Kier molecular flexibility index (Phi) is 5.77. The van der Waals surface area contributed by atoms with Crippen molar-refractivity contribution in [2.45, 2.75) is 13.3 Å². The zero-order valence-electron chi connectivity index (χ0n) is 6.04. The van der Waals surface area contributed by atoms with E-state index >= 15 is 0 Å². The molecule has 3 nitrogen and oxygen atoms in total. The van der Waals surface area contributed by atoms with Gasteiger partial charge in [-0.1, -0.05) is 6.08 Å². The SMILES string of the molecule is C/C=C/C(=O)OCCCO. The minimum absolute atomic E-state index is 0.0587. The first kappa shape index (κ1) is 9.17. The van der Waals surface area contributed by atoms with Gasteiger partial charge in [-0.25, -0.2) is 4.79 Å². The first-order valence-electron chi connectivity index (χ1n) is 3.21. The molecule has 0 radical (unpaired) electrons. The fraction of sp³-hybridized carbons (Fsp3) is 0.571. The van der Waals surface area contributed by atoms with E-state index in [2.05, 4.69) is 4.74 Å². The second-order valence-corrected chi connectivity index (χ2v) is 1.74. The maximum Gasteiger partial charge on any atom is 0.330 e. The molecule has 0 aliphatic heterocycles. The van der Waals surface area contributed by atoms with Gasteiger partial charge in [0.05, 0.1) is 6.61 Å². The van der Waals surface area contributed by atoms with E-state index in [0.29, 0.717) is 13.0 Å². The summed E-state index contributed by atoms with van der Waals surface area (Å²) < 4.78 is 4.64. The lowest BCUT2D eigenvalue weighted by Crippen LogP contribution is -2.03. The van der Waals surface area contributed by atoms with Gasteiger partial charge < -0.3 is 9.84 Å². The molecule has 0 bridgehead atoms. The lowest BCUT2D eigenvalue weighted by Gasteiger charge is -1.97. The van der Waals surface area contributed by atoms with Crippen molar-refractivity contribution in [3.63, 3.8) is 0 Å². The number of allylic oxidation sites excluding steroid dienone is 1. The van der Waals surface area contributed by atoms with Crippen molar-refractivity contribution < 1.29 is 14.6 Å². The van der Waals surface area contributed by atoms with E-state index in [9.17, 15) is 4.79 Å². The number of aliphatic hydroxyl groups excluding tert-OH is 1. The predicted molar refractivity (Wildman–Crippen MR) is 37.5 cm³/mol. The van der Waals surface area contributed by atoms with E-state index in [0.717, 1.165) is 0 Å². The van der Waals surface area contributed by atoms with Gasteiger partial charge >= 0.3 is 5.97 Å². The Morgan fingerprint density at radius 3 is 2.90 bits per heavy atom. The standard InChI is InChI=1S/C7H12O3/c1-2-4-7(9)10-6-3-5-8/h2,4,8H,3,5-6H2,1H3/b4-2+. The van der Waals surface area contributed by atoms with Gasteiger partial charge in [0.15, 0.2) is 0 Å². The molecule has 0 aromatic carbocycles. The van der Waals surface area contributed by atoms with E-state index < -0.39 is 0 Å². The average molecular weight is 144 g/mol. The van der Waals surface area contributed by atoms with Crippen molar-refractivity contribution >= 4 is 5.97 Å². The molecule has 0 rings (SSSR count). The molecule has 0 fully saturated rings. The largest absolute Gasteiger partial charge is 0.462 e. The predicted octanol–water partition coefficient (Wildman–Crippen LogP) is 0.488. The summed E-state index contributed by atoms with van der Waals surface area (Å²) in [5.74, 6) is -0.351.